The van der Waals surface area contributed by atoms with Crippen molar-refractivity contribution in [2.45, 2.75) is 46.1 Å². The molecule has 92 valence electrons. The zero-order chi connectivity index (χ0) is 11.8. The summed E-state index contributed by atoms with van der Waals surface area (Å²) >= 11 is 0. The summed E-state index contributed by atoms with van der Waals surface area (Å²) in [4.78, 5) is 14.4. The number of fused-ring (bicyclic) bond motifs is 1. The van der Waals surface area contributed by atoms with Crippen molar-refractivity contribution in [1.29, 1.82) is 0 Å². The van der Waals surface area contributed by atoms with Crippen LogP contribution in [0.5, 0.6) is 0 Å². The Labute approximate surface area is 98.6 Å². The van der Waals surface area contributed by atoms with Gasteiger partial charge >= 0.3 is 0 Å². The molecule has 2 unspecified atom stereocenters. The van der Waals surface area contributed by atoms with Gasteiger partial charge in [0.1, 0.15) is 0 Å². The predicted octanol–water partition coefficient (Wildman–Crippen LogP) is 1.63. The molecule has 0 aromatic heterocycles. The van der Waals surface area contributed by atoms with Gasteiger partial charge in [-0.05, 0) is 24.2 Å². The van der Waals surface area contributed by atoms with Gasteiger partial charge in [0, 0.05) is 32.1 Å². The number of hydrogen-bond acceptors (Lipinski definition) is 2. The summed E-state index contributed by atoms with van der Waals surface area (Å²) in [5.41, 5.74) is 0.107. The lowest BCUT2D eigenvalue weighted by molar-refractivity contribution is -0.137. The molecule has 2 aliphatic rings. The first-order valence-electron chi connectivity index (χ1n) is 6.47. The fourth-order valence-corrected chi connectivity index (χ4v) is 2.93. The molecule has 3 heteroatoms. The van der Waals surface area contributed by atoms with Crippen LogP contribution in [0.4, 0.5) is 0 Å². The third kappa shape index (κ3) is 2.57. The maximum absolute atomic E-state index is 12.3. The van der Waals surface area contributed by atoms with E-state index in [2.05, 4.69) is 31.0 Å². The molecular formula is C13H24N2O. The highest BCUT2D eigenvalue weighted by atomic mass is 16.2. The molecular weight excluding hydrogens is 200 g/mol. The van der Waals surface area contributed by atoms with Crippen molar-refractivity contribution in [3.8, 4) is 0 Å². The zero-order valence-electron chi connectivity index (χ0n) is 10.8. The first kappa shape index (κ1) is 11.9. The van der Waals surface area contributed by atoms with E-state index in [1.807, 2.05) is 0 Å². The second kappa shape index (κ2) is 4.36. The monoisotopic (exact) mass is 224 g/mol. The molecule has 1 N–H and O–H groups in total. The number of nitrogens with zero attached hydrogens (tertiary/aromatic N) is 1. The molecule has 0 saturated carbocycles. The standard InChI is InChI=1S/C13H24N2O/c1-13(2,3)7-12(16)15-6-4-5-10-8-14-9-11(10)15/h10-11,14H,4-9H2,1-3H3. The molecule has 2 rings (SSSR count). The van der Waals surface area contributed by atoms with Crippen molar-refractivity contribution in [3.05, 3.63) is 0 Å². The van der Waals surface area contributed by atoms with E-state index < -0.39 is 0 Å². The number of piperidine rings is 1. The van der Waals surface area contributed by atoms with E-state index in [-0.39, 0.29) is 5.41 Å². The first-order valence-corrected chi connectivity index (χ1v) is 6.47. The van der Waals surface area contributed by atoms with E-state index in [1.54, 1.807) is 0 Å². The highest BCUT2D eigenvalue weighted by Crippen LogP contribution is 2.29. The van der Waals surface area contributed by atoms with E-state index in [0.29, 0.717) is 24.3 Å². The van der Waals surface area contributed by atoms with Crippen LogP contribution < -0.4 is 5.32 Å². The van der Waals surface area contributed by atoms with Gasteiger partial charge in [0.2, 0.25) is 5.91 Å². The van der Waals surface area contributed by atoms with E-state index >= 15 is 0 Å². The van der Waals surface area contributed by atoms with Crippen LogP contribution in [0, 0.1) is 11.3 Å². The van der Waals surface area contributed by atoms with Crippen LogP contribution in [0.3, 0.4) is 0 Å². The van der Waals surface area contributed by atoms with Crippen molar-refractivity contribution in [2.24, 2.45) is 11.3 Å². The summed E-state index contributed by atoms with van der Waals surface area (Å²) in [5.74, 6) is 1.06. The molecule has 0 radical (unpaired) electrons. The van der Waals surface area contributed by atoms with Crippen molar-refractivity contribution in [2.75, 3.05) is 19.6 Å². The smallest absolute Gasteiger partial charge is 0.223 e. The average molecular weight is 224 g/mol. The van der Waals surface area contributed by atoms with Gasteiger partial charge in [0.25, 0.3) is 0 Å². The van der Waals surface area contributed by atoms with Gasteiger partial charge < -0.3 is 10.2 Å². The van der Waals surface area contributed by atoms with Crippen LogP contribution in [0.15, 0.2) is 0 Å². The molecule has 2 atom stereocenters. The molecule has 0 aromatic carbocycles. The Hall–Kier alpha value is -0.570. The van der Waals surface area contributed by atoms with Gasteiger partial charge in [-0.15, -0.1) is 0 Å². The third-order valence-corrected chi connectivity index (χ3v) is 3.68. The highest BCUT2D eigenvalue weighted by Gasteiger charge is 2.37. The van der Waals surface area contributed by atoms with Gasteiger partial charge in [-0.3, -0.25) is 4.79 Å². The van der Waals surface area contributed by atoms with Crippen LogP contribution in [0.1, 0.15) is 40.0 Å². The quantitative estimate of drug-likeness (QED) is 0.734. The molecule has 16 heavy (non-hydrogen) atoms. The summed E-state index contributed by atoms with van der Waals surface area (Å²) in [6.07, 6.45) is 3.14. The molecule has 1 amide bonds. The lowest BCUT2D eigenvalue weighted by Gasteiger charge is -2.38. The van der Waals surface area contributed by atoms with Crippen LogP contribution in [0.25, 0.3) is 0 Å². The maximum atomic E-state index is 12.3. The summed E-state index contributed by atoms with van der Waals surface area (Å²) in [6.45, 7) is 9.49. The summed E-state index contributed by atoms with van der Waals surface area (Å²) in [5, 5.41) is 3.42. The van der Waals surface area contributed by atoms with Crippen LogP contribution in [-0.2, 0) is 4.79 Å². The number of nitrogens with one attached hydrogen (secondary N) is 1. The molecule has 0 aromatic rings. The van der Waals surface area contributed by atoms with E-state index in [4.69, 9.17) is 0 Å². The number of amides is 1. The number of likely N-dealkylation sites (tertiary alicyclic amines) is 1. The fourth-order valence-electron chi connectivity index (χ4n) is 2.93. The van der Waals surface area contributed by atoms with Crippen molar-refractivity contribution in [1.82, 2.24) is 10.2 Å². The van der Waals surface area contributed by atoms with E-state index in [0.717, 1.165) is 19.6 Å². The molecule has 2 fully saturated rings. The molecule has 0 bridgehead atoms. The van der Waals surface area contributed by atoms with Crippen LogP contribution >= 0.6 is 0 Å². The maximum Gasteiger partial charge on any atom is 0.223 e. The highest BCUT2D eigenvalue weighted by molar-refractivity contribution is 5.77. The van der Waals surface area contributed by atoms with Crippen LogP contribution in [-0.4, -0.2) is 36.5 Å². The Morgan fingerprint density at radius 1 is 1.38 bits per heavy atom. The Morgan fingerprint density at radius 3 is 2.81 bits per heavy atom. The van der Waals surface area contributed by atoms with Gasteiger partial charge in [0.15, 0.2) is 0 Å². The van der Waals surface area contributed by atoms with Crippen molar-refractivity contribution < 1.29 is 4.79 Å². The first-order chi connectivity index (χ1) is 7.47. The number of carbonyl (C=O) groups excluding carboxylic acids is 1. The molecule has 0 spiro atoms. The molecule has 3 nitrogen and oxygen atoms in total. The minimum atomic E-state index is 0.107. The SMILES string of the molecule is CC(C)(C)CC(=O)N1CCCC2CNCC21. The number of carbonyl (C=O) groups is 1. The van der Waals surface area contributed by atoms with Gasteiger partial charge in [-0.25, -0.2) is 0 Å². The predicted molar refractivity (Wildman–Crippen MR) is 65.2 cm³/mol. The Bertz CT molecular complexity index is 270. The molecule has 0 aliphatic carbocycles. The zero-order valence-corrected chi connectivity index (χ0v) is 10.8. The third-order valence-electron chi connectivity index (χ3n) is 3.68. The average Bonchev–Trinajstić information content (AvgIpc) is 2.61. The van der Waals surface area contributed by atoms with Crippen LogP contribution in [0.2, 0.25) is 0 Å². The summed E-state index contributed by atoms with van der Waals surface area (Å²) < 4.78 is 0. The van der Waals surface area contributed by atoms with Gasteiger partial charge in [-0.2, -0.15) is 0 Å². The Balaban J connectivity index is 2.00. The lowest BCUT2D eigenvalue weighted by atomic mass is 9.88. The molecule has 2 aliphatic heterocycles. The Morgan fingerprint density at radius 2 is 2.12 bits per heavy atom. The second-order valence-corrected chi connectivity index (χ2v) is 6.45. The fraction of sp³-hybridized carbons (Fsp3) is 0.923. The summed E-state index contributed by atoms with van der Waals surface area (Å²) in [6, 6.07) is 0.476. The summed E-state index contributed by atoms with van der Waals surface area (Å²) in [7, 11) is 0. The topological polar surface area (TPSA) is 32.3 Å². The van der Waals surface area contributed by atoms with E-state index in [1.165, 1.54) is 12.8 Å². The molecule has 2 saturated heterocycles. The Kier molecular flexibility index (Phi) is 3.24. The minimum absolute atomic E-state index is 0.107. The van der Waals surface area contributed by atoms with Gasteiger partial charge in [-0.1, -0.05) is 20.8 Å². The largest absolute Gasteiger partial charge is 0.338 e. The van der Waals surface area contributed by atoms with Crippen molar-refractivity contribution >= 4 is 5.91 Å². The number of hydrogen-bond donors (Lipinski definition) is 1. The normalized spacial score (nSPS) is 30.3. The van der Waals surface area contributed by atoms with Crippen molar-refractivity contribution in [3.63, 3.8) is 0 Å². The lowest BCUT2D eigenvalue weighted by Crippen LogP contribution is -2.49. The minimum Gasteiger partial charge on any atom is -0.338 e. The molecule has 2 heterocycles. The van der Waals surface area contributed by atoms with E-state index in [9.17, 15) is 4.79 Å². The second-order valence-electron chi connectivity index (χ2n) is 6.45. The number of rotatable bonds is 1. The van der Waals surface area contributed by atoms with Gasteiger partial charge in [0.05, 0.1) is 0 Å².